The van der Waals surface area contributed by atoms with Crippen LogP contribution in [0.4, 0.5) is 5.00 Å². The molecule has 1 aromatic carbocycles. The summed E-state index contributed by atoms with van der Waals surface area (Å²) in [4.78, 5) is 55.3. The van der Waals surface area contributed by atoms with Gasteiger partial charge in [0.1, 0.15) is 23.1 Å². The predicted octanol–water partition coefficient (Wildman–Crippen LogP) is 3.17. The van der Waals surface area contributed by atoms with Gasteiger partial charge in [-0.2, -0.15) is 4.99 Å². The molecule has 0 saturated heterocycles. The zero-order valence-corrected chi connectivity index (χ0v) is 25.4. The van der Waals surface area contributed by atoms with E-state index in [-0.39, 0.29) is 28.5 Å². The molecule has 2 aromatic heterocycles. The minimum atomic E-state index is -4.21. The lowest BCUT2D eigenvalue weighted by Crippen LogP contribution is -2.29. The Balaban J connectivity index is 1.53. The number of ether oxygens (including phenoxy) is 2. The fraction of sp³-hybridized carbons (Fsp3) is 0.444. The average molecular weight is 622 g/mol. The third kappa shape index (κ3) is 7.49. The molecule has 2 amide bonds. The van der Waals surface area contributed by atoms with Crippen molar-refractivity contribution in [2.45, 2.75) is 52.5 Å². The summed E-state index contributed by atoms with van der Waals surface area (Å²) in [5.41, 5.74) is 2.71. The molecule has 11 nitrogen and oxygen atoms in total. The fourth-order valence-electron chi connectivity index (χ4n) is 4.64. The van der Waals surface area contributed by atoms with Gasteiger partial charge >= 0.3 is 11.9 Å². The molecule has 0 spiro atoms. The van der Waals surface area contributed by atoms with E-state index >= 15 is 0 Å². The number of thiazole rings is 1. The average Bonchev–Trinajstić information content (AvgIpc) is 3.28. The van der Waals surface area contributed by atoms with Crippen LogP contribution in [0.5, 0.6) is 0 Å². The molecule has 0 fully saturated rings. The number of nitrogens with one attached hydrogen (secondary N) is 1. The van der Waals surface area contributed by atoms with E-state index in [4.69, 9.17) is 9.47 Å². The molecule has 0 aliphatic heterocycles. The number of hydrogen-bond acceptors (Lipinski definition) is 10. The van der Waals surface area contributed by atoms with Gasteiger partial charge in [0.2, 0.25) is 5.91 Å². The summed E-state index contributed by atoms with van der Waals surface area (Å²) in [7, 11) is -2.96. The maximum atomic E-state index is 12.8. The van der Waals surface area contributed by atoms with Gasteiger partial charge < -0.3 is 19.4 Å². The van der Waals surface area contributed by atoms with Gasteiger partial charge in [0, 0.05) is 4.88 Å². The van der Waals surface area contributed by atoms with Crippen LogP contribution in [0.25, 0.3) is 10.2 Å². The number of carbonyl (C=O) groups is 4. The van der Waals surface area contributed by atoms with Crippen LogP contribution in [-0.2, 0) is 53.1 Å². The standard InChI is InChI=1S/C27H31N3O8S3/c1-4-38-23(33)13-30-18-11-10-16(2)12-20(18)40-27(30)29-22(32)15-41(35,36)14-21(31)28-25-24(26(34)37-3)17-8-6-5-7-9-19(17)39-25/h10-12H,4-9,13-15H2,1-3H3,(H,28,31). The Hall–Kier alpha value is -3.36. The number of sulfone groups is 1. The van der Waals surface area contributed by atoms with Crippen molar-refractivity contribution in [1.29, 1.82) is 0 Å². The Morgan fingerprint density at radius 3 is 2.56 bits per heavy atom. The molecule has 41 heavy (non-hydrogen) atoms. The summed E-state index contributed by atoms with van der Waals surface area (Å²) < 4.78 is 37.8. The zero-order valence-electron chi connectivity index (χ0n) is 23.0. The summed E-state index contributed by atoms with van der Waals surface area (Å²) in [5, 5.41) is 2.80. The van der Waals surface area contributed by atoms with Crippen molar-refractivity contribution in [2.75, 3.05) is 30.5 Å². The molecule has 0 unspecified atom stereocenters. The SMILES string of the molecule is CCOC(=O)Cn1c(=NC(=O)CS(=O)(=O)CC(=O)Nc2sc3c(c2C(=O)OC)CCCCC3)sc2cc(C)ccc21. The number of aromatic nitrogens is 1. The molecule has 0 radical (unpaired) electrons. The highest BCUT2D eigenvalue weighted by Gasteiger charge is 2.28. The summed E-state index contributed by atoms with van der Waals surface area (Å²) in [6.07, 6.45) is 4.33. The second kappa shape index (κ2) is 13.1. The van der Waals surface area contributed by atoms with Crippen molar-refractivity contribution in [1.82, 2.24) is 4.57 Å². The number of hydrogen-bond donors (Lipinski definition) is 1. The first-order valence-electron chi connectivity index (χ1n) is 13.1. The number of methoxy groups -OCH3 is 1. The molecule has 0 saturated carbocycles. The van der Waals surface area contributed by atoms with Crippen LogP contribution in [0.1, 0.15) is 52.5 Å². The van der Waals surface area contributed by atoms with E-state index in [2.05, 4.69) is 10.3 Å². The highest BCUT2D eigenvalue weighted by atomic mass is 32.2. The molecule has 4 rings (SSSR count). The lowest BCUT2D eigenvalue weighted by Gasteiger charge is -2.08. The Labute approximate surface area is 245 Å². The van der Waals surface area contributed by atoms with Gasteiger partial charge in [-0.05, 0) is 62.8 Å². The highest BCUT2D eigenvalue weighted by Crippen LogP contribution is 2.38. The van der Waals surface area contributed by atoms with Gasteiger partial charge in [-0.25, -0.2) is 13.2 Å². The van der Waals surface area contributed by atoms with Crippen LogP contribution in [-0.4, -0.2) is 62.0 Å². The molecule has 2 heterocycles. The van der Waals surface area contributed by atoms with Crippen molar-refractivity contribution < 1.29 is 37.1 Å². The van der Waals surface area contributed by atoms with Crippen LogP contribution in [0, 0.1) is 6.92 Å². The maximum Gasteiger partial charge on any atom is 0.341 e. The summed E-state index contributed by atoms with van der Waals surface area (Å²) in [6.45, 7) is 3.56. The second-order valence-electron chi connectivity index (χ2n) is 9.59. The molecule has 0 bridgehead atoms. The van der Waals surface area contributed by atoms with Gasteiger partial charge in [-0.15, -0.1) is 11.3 Å². The number of fused-ring (bicyclic) bond motifs is 2. The largest absolute Gasteiger partial charge is 0.465 e. The van der Waals surface area contributed by atoms with E-state index in [1.54, 1.807) is 13.0 Å². The minimum absolute atomic E-state index is 0.145. The van der Waals surface area contributed by atoms with Gasteiger partial charge in [0.15, 0.2) is 14.6 Å². The minimum Gasteiger partial charge on any atom is -0.465 e. The van der Waals surface area contributed by atoms with Crippen molar-refractivity contribution in [3.05, 3.63) is 44.6 Å². The van der Waals surface area contributed by atoms with E-state index in [1.807, 2.05) is 19.1 Å². The second-order valence-corrected chi connectivity index (χ2v) is 13.8. The Bertz CT molecular complexity index is 1680. The molecule has 1 N–H and O–H groups in total. The highest BCUT2D eigenvalue weighted by molar-refractivity contribution is 7.92. The first kappa shape index (κ1) is 30.6. The van der Waals surface area contributed by atoms with Gasteiger partial charge in [0.05, 0.1) is 29.5 Å². The molecule has 14 heteroatoms. The van der Waals surface area contributed by atoms with Crippen LogP contribution in [0.2, 0.25) is 0 Å². The first-order chi connectivity index (χ1) is 19.5. The first-order valence-corrected chi connectivity index (χ1v) is 16.5. The quantitative estimate of drug-likeness (QED) is 0.283. The lowest BCUT2D eigenvalue weighted by molar-refractivity contribution is -0.143. The van der Waals surface area contributed by atoms with Crippen LogP contribution in [0.3, 0.4) is 0 Å². The molecule has 0 atom stereocenters. The molecule has 1 aliphatic rings. The predicted molar refractivity (Wildman–Crippen MR) is 156 cm³/mol. The third-order valence-electron chi connectivity index (χ3n) is 6.41. The summed E-state index contributed by atoms with van der Waals surface area (Å²) >= 11 is 2.39. The number of anilines is 1. The van der Waals surface area contributed by atoms with Crippen molar-refractivity contribution in [2.24, 2.45) is 4.99 Å². The van der Waals surface area contributed by atoms with Crippen molar-refractivity contribution in [3.63, 3.8) is 0 Å². The van der Waals surface area contributed by atoms with Crippen molar-refractivity contribution >= 4 is 71.5 Å². The van der Waals surface area contributed by atoms with E-state index in [0.717, 1.165) is 57.7 Å². The molecular weight excluding hydrogens is 591 g/mol. The summed E-state index contributed by atoms with van der Waals surface area (Å²) in [6, 6.07) is 5.51. The number of amides is 2. The number of nitrogens with zero attached hydrogens (tertiary/aromatic N) is 2. The van der Waals surface area contributed by atoms with Crippen molar-refractivity contribution in [3.8, 4) is 0 Å². The lowest BCUT2D eigenvalue weighted by atomic mass is 10.1. The Kier molecular flexibility index (Phi) is 9.76. The number of aryl methyl sites for hydroxylation is 2. The number of thiophene rings is 1. The topological polar surface area (TPSA) is 150 Å². The number of rotatable bonds is 9. The van der Waals surface area contributed by atoms with Gasteiger partial charge in [-0.1, -0.05) is 23.8 Å². The zero-order chi connectivity index (χ0) is 29.7. The normalized spacial score (nSPS) is 13.9. The van der Waals surface area contributed by atoms with Gasteiger partial charge in [0.25, 0.3) is 5.91 Å². The maximum absolute atomic E-state index is 12.8. The number of benzene rings is 1. The smallest absolute Gasteiger partial charge is 0.341 e. The van der Waals surface area contributed by atoms with E-state index in [0.29, 0.717) is 11.9 Å². The van der Waals surface area contributed by atoms with E-state index in [9.17, 15) is 27.6 Å². The fourth-order valence-corrected chi connectivity index (χ4v) is 8.10. The number of esters is 2. The van der Waals surface area contributed by atoms with Crippen LogP contribution >= 0.6 is 22.7 Å². The van der Waals surface area contributed by atoms with Crippen LogP contribution < -0.4 is 10.1 Å². The third-order valence-corrected chi connectivity index (χ3v) is 10.0. The van der Waals surface area contributed by atoms with E-state index in [1.165, 1.54) is 23.0 Å². The molecular formula is C27H31N3O8S3. The van der Waals surface area contributed by atoms with Crippen LogP contribution in [0.15, 0.2) is 23.2 Å². The molecule has 220 valence electrons. The number of carbonyl (C=O) groups excluding carboxylic acids is 4. The summed E-state index contributed by atoms with van der Waals surface area (Å²) in [5.74, 6) is -4.93. The Morgan fingerprint density at radius 1 is 1.07 bits per heavy atom. The Morgan fingerprint density at radius 2 is 1.83 bits per heavy atom. The molecule has 1 aliphatic carbocycles. The van der Waals surface area contributed by atoms with E-state index < -0.39 is 45.1 Å². The van der Waals surface area contributed by atoms with Gasteiger partial charge in [-0.3, -0.25) is 14.4 Å². The molecule has 3 aromatic rings. The monoisotopic (exact) mass is 621 g/mol.